The summed E-state index contributed by atoms with van der Waals surface area (Å²) in [6, 6.07) is 0. The second-order valence-corrected chi connectivity index (χ2v) is 3.33. The van der Waals surface area contributed by atoms with Crippen LogP contribution in [0, 0.1) is 0 Å². The van der Waals surface area contributed by atoms with Gasteiger partial charge in [0, 0.05) is 6.42 Å². The number of nitrogens with one attached hydrogen (secondary N) is 1. The van der Waals surface area contributed by atoms with Crippen LogP contribution in [-0.2, 0) is 6.42 Å². The fourth-order valence-corrected chi connectivity index (χ4v) is 1.58. The summed E-state index contributed by atoms with van der Waals surface area (Å²) in [5.41, 5.74) is 1.48. The number of amides is 1. The Balaban J connectivity index is 2.42. The molecule has 1 aliphatic rings. The number of H-pyrrole nitrogens is 1. The van der Waals surface area contributed by atoms with Crippen LogP contribution in [-0.4, -0.2) is 27.4 Å². The Morgan fingerprint density at radius 2 is 2.50 bits per heavy atom. The molecule has 0 aliphatic carbocycles. The van der Waals surface area contributed by atoms with Crippen molar-refractivity contribution in [1.29, 1.82) is 0 Å². The van der Waals surface area contributed by atoms with E-state index in [1.54, 1.807) is 0 Å². The van der Waals surface area contributed by atoms with Gasteiger partial charge >= 0.3 is 0 Å². The van der Waals surface area contributed by atoms with Crippen molar-refractivity contribution in [2.45, 2.75) is 6.42 Å². The van der Waals surface area contributed by atoms with Crippen molar-refractivity contribution in [3.8, 4) is 0 Å². The van der Waals surface area contributed by atoms with Gasteiger partial charge in [0.25, 0.3) is 5.91 Å². The van der Waals surface area contributed by atoms with Crippen LogP contribution in [0.2, 0.25) is 0 Å². The number of carbonyl (C=O) groups excluding carboxylic acids is 1. The van der Waals surface area contributed by atoms with Crippen molar-refractivity contribution in [2.24, 2.45) is 4.99 Å². The van der Waals surface area contributed by atoms with Gasteiger partial charge < -0.3 is 0 Å². The van der Waals surface area contributed by atoms with Crippen LogP contribution in [0.4, 0.5) is 0 Å². The summed E-state index contributed by atoms with van der Waals surface area (Å²) in [5, 5.41) is 7.43. The molecular formula is C7H7N3OS. The van der Waals surface area contributed by atoms with Crippen molar-refractivity contribution in [3.05, 3.63) is 17.5 Å². The summed E-state index contributed by atoms with van der Waals surface area (Å²) >= 11 is 1.50. The third-order valence-electron chi connectivity index (χ3n) is 1.74. The second kappa shape index (κ2) is 2.75. The molecule has 62 valence electrons. The lowest BCUT2D eigenvalue weighted by Crippen LogP contribution is -2.12. The van der Waals surface area contributed by atoms with Gasteiger partial charge in [0.1, 0.15) is 0 Å². The number of hydrogen-bond donors (Lipinski definition) is 1. The first-order valence-electron chi connectivity index (χ1n) is 3.49. The maximum atomic E-state index is 11.3. The van der Waals surface area contributed by atoms with Crippen molar-refractivity contribution < 1.29 is 4.79 Å². The Morgan fingerprint density at radius 3 is 3.25 bits per heavy atom. The normalized spacial score (nSPS) is 15.8. The zero-order valence-electron chi connectivity index (χ0n) is 6.50. The molecule has 0 bridgehead atoms. The third kappa shape index (κ3) is 1.06. The summed E-state index contributed by atoms with van der Waals surface area (Å²) in [5.74, 6) is -0.186. The molecule has 1 amide bonds. The molecule has 4 nitrogen and oxygen atoms in total. The minimum atomic E-state index is -0.186. The molecule has 0 spiro atoms. The molecule has 1 aliphatic heterocycles. The number of aromatic amines is 1. The van der Waals surface area contributed by atoms with E-state index in [2.05, 4.69) is 15.2 Å². The van der Waals surface area contributed by atoms with Gasteiger partial charge in [0.2, 0.25) is 0 Å². The van der Waals surface area contributed by atoms with E-state index in [9.17, 15) is 4.79 Å². The van der Waals surface area contributed by atoms with Crippen LogP contribution >= 0.6 is 11.8 Å². The second-order valence-electron chi connectivity index (χ2n) is 2.45. The smallest absolute Gasteiger partial charge is 0.281 e. The van der Waals surface area contributed by atoms with Gasteiger partial charge in [-0.2, -0.15) is 5.10 Å². The number of aliphatic imine (C=N–C) groups is 1. The van der Waals surface area contributed by atoms with Crippen molar-refractivity contribution >= 4 is 22.7 Å². The van der Waals surface area contributed by atoms with Gasteiger partial charge in [-0.25, -0.2) is 4.99 Å². The van der Waals surface area contributed by atoms with Crippen molar-refractivity contribution in [1.82, 2.24) is 10.2 Å². The monoisotopic (exact) mass is 181 g/mol. The number of carbonyl (C=O) groups is 1. The highest BCUT2D eigenvalue weighted by atomic mass is 32.2. The van der Waals surface area contributed by atoms with E-state index in [0.29, 0.717) is 12.0 Å². The minimum Gasteiger partial charge on any atom is -0.281 e. The molecule has 0 saturated carbocycles. The molecule has 1 aromatic rings. The van der Waals surface area contributed by atoms with E-state index >= 15 is 0 Å². The van der Waals surface area contributed by atoms with Gasteiger partial charge in [0.15, 0.2) is 0 Å². The first kappa shape index (κ1) is 7.54. The summed E-state index contributed by atoms with van der Waals surface area (Å²) in [6.45, 7) is 0. The zero-order valence-corrected chi connectivity index (χ0v) is 7.31. The predicted molar refractivity (Wildman–Crippen MR) is 47.6 cm³/mol. The highest BCUT2D eigenvalue weighted by molar-refractivity contribution is 8.13. The molecule has 0 saturated heterocycles. The third-order valence-corrected chi connectivity index (χ3v) is 2.45. The molecule has 5 heteroatoms. The number of rotatable bonds is 0. The van der Waals surface area contributed by atoms with E-state index in [4.69, 9.17) is 0 Å². The molecule has 2 heterocycles. The van der Waals surface area contributed by atoms with Crippen LogP contribution in [0.5, 0.6) is 0 Å². The van der Waals surface area contributed by atoms with Crippen molar-refractivity contribution in [2.75, 3.05) is 6.26 Å². The van der Waals surface area contributed by atoms with Crippen LogP contribution in [0.15, 0.2) is 11.2 Å². The van der Waals surface area contributed by atoms with E-state index < -0.39 is 0 Å². The summed E-state index contributed by atoms with van der Waals surface area (Å²) in [4.78, 5) is 15.2. The largest absolute Gasteiger partial charge is 0.281 e. The van der Waals surface area contributed by atoms with Gasteiger partial charge in [-0.3, -0.25) is 9.89 Å². The SMILES string of the molecule is CSC1=NC(=O)c2cn[nH]c2C1. The quantitative estimate of drug-likeness (QED) is 0.646. The Kier molecular flexibility index (Phi) is 1.73. The lowest BCUT2D eigenvalue weighted by atomic mass is 10.1. The standard InChI is InChI=1S/C7H7N3OS/c1-12-6-2-5-4(3-8-10-5)7(11)9-6/h3H,2H2,1H3,(H,8,10). The molecule has 12 heavy (non-hydrogen) atoms. The Morgan fingerprint density at radius 1 is 1.67 bits per heavy atom. The Labute approximate surface area is 73.5 Å². The van der Waals surface area contributed by atoms with Crippen LogP contribution < -0.4 is 0 Å². The molecule has 0 aromatic carbocycles. The van der Waals surface area contributed by atoms with E-state index in [0.717, 1.165) is 10.7 Å². The average Bonchev–Trinajstić information content (AvgIpc) is 2.52. The van der Waals surface area contributed by atoms with E-state index in [1.807, 2.05) is 6.26 Å². The van der Waals surface area contributed by atoms with Gasteiger partial charge in [-0.05, 0) is 6.26 Å². The molecular weight excluding hydrogens is 174 g/mol. The van der Waals surface area contributed by atoms with E-state index in [-0.39, 0.29) is 5.91 Å². The Hall–Kier alpha value is -1.10. The van der Waals surface area contributed by atoms with Gasteiger partial charge in [-0.1, -0.05) is 0 Å². The number of hydrogen-bond acceptors (Lipinski definition) is 3. The first-order chi connectivity index (χ1) is 5.81. The average molecular weight is 181 g/mol. The van der Waals surface area contributed by atoms with Crippen molar-refractivity contribution in [3.63, 3.8) is 0 Å². The van der Waals surface area contributed by atoms with Crippen LogP contribution in [0.3, 0.4) is 0 Å². The maximum absolute atomic E-state index is 11.3. The summed E-state index contributed by atoms with van der Waals surface area (Å²) in [6.07, 6.45) is 4.13. The number of nitrogens with zero attached hydrogens (tertiary/aromatic N) is 2. The summed E-state index contributed by atoms with van der Waals surface area (Å²) < 4.78 is 0. The molecule has 0 fully saturated rings. The lowest BCUT2D eigenvalue weighted by Gasteiger charge is -2.07. The molecule has 1 aromatic heterocycles. The highest BCUT2D eigenvalue weighted by Gasteiger charge is 2.20. The molecule has 0 radical (unpaired) electrons. The number of thioether (sulfide) groups is 1. The molecule has 0 atom stereocenters. The lowest BCUT2D eigenvalue weighted by molar-refractivity contribution is 0.100. The van der Waals surface area contributed by atoms with Gasteiger partial charge in [0.05, 0.1) is 22.5 Å². The number of aromatic nitrogens is 2. The van der Waals surface area contributed by atoms with Crippen LogP contribution in [0.25, 0.3) is 0 Å². The predicted octanol–water partition coefficient (Wildman–Crippen LogP) is 0.867. The van der Waals surface area contributed by atoms with Crippen LogP contribution in [0.1, 0.15) is 16.1 Å². The highest BCUT2D eigenvalue weighted by Crippen LogP contribution is 2.17. The maximum Gasteiger partial charge on any atom is 0.281 e. The van der Waals surface area contributed by atoms with Gasteiger partial charge in [-0.15, -0.1) is 11.8 Å². The topological polar surface area (TPSA) is 58.1 Å². The Bertz CT molecular complexity index is 355. The minimum absolute atomic E-state index is 0.186. The fourth-order valence-electron chi connectivity index (χ4n) is 1.11. The fraction of sp³-hybridized carbons (Fsp3) is 0.286. The van der Waals surface area contributed by atoms with E-state index in [1.165, 1.54) is 18.0 Å². The summed E-state index contributed by atoms with van der Waals surface area (Å²) in [7, 11) is 0. The molecule has 1 N–H and O–H groups in total. The number of fused-ring (bicyclic) bond motifs is 1. The zero-order chi connectivity index (χ0) is 8.55. The molecule has 2 rings (SSSR count). The first-order valence-corrected chi connectivity index (χ1v) is 4.72. The molecule has 0 unspecified atom stereocenters.